The molecule has 3 rings (SSSR count). The van der Waals surface area contributed by atoms with Gasteiger partial charge >= 0.3 is 5.97 Å². The van der Waals surface area contributed by atoms with Gasteiger partial charge < -0.3 is 15.3 Å². The predicted molar refractivity (Wildman–Crippen MR) is 103 cm³/mol. The van der Waals surface area contributed by atoms with E-state index in [9.17, 15) is 14.8 Å². The third kappa shape index (κ3) is 4.73. The fraction of sp³-hybridized carbons (Fsp3) is 0.136. The van der Waals surface area contributed by atoms with Crippen LogP contribution in [0.4, 0.5) is 0 Å². The van der Waals surface area contributed by atoms with E-state index in [0.29, 0.717) is 4.73 Å². The van der Waals surface area contributed by atoms with Crippen LogP contribution in [0.5, 0.6) is 0 Å². The predicted octanol–water partition coefficient (Wildman–Crippen LogP) is 2.77. The lowest BCUT2D eigenvalue weighted by Crippen LogP contribution is -2.38. The normalized spacial score (nSPS) is 11.6. The maximum absolute atomic E-state index is 12.7. The molecule has 1 atom stereocenters. The van der Waals surface area contributed by atoms with Crippen LogP contribution < -0.4 is 10.0 Å². The highest BCUT2D eigenvalue weighted by Crippen LogP contribution is 2.22. The number of amides is 1. The van der Waals surface area contributed by atoms with Crippen LogP contribution in [0.3, 0.4) is 0 Å². The Morgan fingerprint density at radius 3 is 1.89 bits per heavy atom. The van der Waals surface area contributed by atoms with E-state index >= 15 is 0 Å². The molecule has 0 aliphatic rings. The van der Waals surface area contributed by atoms with E-state index < -0.39 is 18.0 Å². The minimum absolute atomic E-state index is 0.203. The minimum Gasteiger partial charge on any atom is -0.619 e. The third-order valence-electron chi connectivity index (χ3n) is 4.24. The largest absolute Gasteiger partial charge is 0.619 e. The van der Waals surface area contributed by atoms with Gasteiger partial charge in [-0.25, -0.2) is 4.79 Å². The number of carbonyl (C=O) groups excluding carboxylic acids is 2. The van der Waals surface area contributed by atoms with E-state index in [2.05, 4.69) is 5.32 Å². The van der Waals surface area contributed by atoms with E-state index in [1.54, 1.807) is 0 Å². The zero-order valence-electron chi connectivity index (χ0n) is 15.3. The summed E-state index contributed by atoms with van der Waals surface area (Å²) in [6, 6.07) is 21.4. The van der Waals surface area contributed by atoms with Crippen molar-refractivity contribution in [1.29, 1.82) is 0 Å². The molecule has 1 aromatic heterocycles. The van der Waals surface area contributed by atoms with Crippen LogP contribution in [0, 0.1) is 5.21 Å². The van der Waals surface area contributed by atoms with Gasteiger partial charge in [0.25, 0.3) is 5.91 Å². The molecule has 2 aromatic carbocycles. The van der Waals surface area contributed by atoms with Crippen molar-refractivity contribution >= 4 is 11.9 Å². The van der Waals surface area contributed by atoms with Gasteiger partial charge in [0.15, 0.2) is 18.5 Å². The molecule has 6 heteroatoms. The number of esters is 1. The van der Waals surface area contributed by atoms with Gasteiger partial charge in [-0.3, -0.25) is 4.79 Å². The SMILES string of the molecule is C[C@@H](OC(=O)c1cc[n+]([O-])cc1)C(=O)NC(c1ccccc1)c1ccccc1. The van der Waals surface area contributed by atoms with Crippen LogP contribution >= 0.6 is 0 Å². The fourth-order valence-corrected chi connectivity index (χ4v) is 2.74. The molecule has 0 spiro atoms. The van der Waals surface area contributed by atoms with Gasteiger partial charge in [0.05, 0.1) is 11.6 Å². The summed E-state index contributed by atoms with van der Waals surface area (Å²) in [6.45, 7) is 1.51. The molecular weight excluding hydrogens is 356 g/mol. The van der Waals surface area contributed by atoms with Crippen molar-refractivity contribution in [2.75, 3.05) is 0 Å². The Balaban J connectivity index is 1.72. The maximum Gasteiger partial charge on any atom is 0.339 e. The third-order valence-corrected chi connectivity index (χ3v) is 4.24. The zero-order valence-corrected chi connectivity index (χ0v) is 15.3. The van der Waals surface area contributed by atoms with Gasteiger partial charge in [0.2, 0.25) is 0 Å². The zero-order chi connectivity index (χ0) is 19.9. The number of benzene rings is 2. The van der Waals surface area contributed by atoms with E-state index in [1.807, 2.05) is 60.7 Å². The molecule has 1 heterocycles. The molecular formula is C22H20N2O4. The molecule has 3 aromatic rings. The molecule has 142 valence electrons. The number of pyridine rings is 1. The van der Waals surface area contributed by atoms with Crippen molar-refractivity contribution in [3.8, 4) is 0 Å². The number of rotatable bonds is 6. The first-order valence-corrected chi connectivity index (χ1v) is 8.84. The lowest BCUT2D eigenvalue weighted by Gasteiger charge is -2.22. The first-order valence-electron chi connectivity index (χ1n) is 8.84. The summed E-state index contributed by atoms with van der Waals surface area (Å²) in [5, 5.41) is 14.0. The molecule has 0 fully saturated rings. The summed E-state index contributed by atoms with van der Waals surface area (Å²) in [5.41, 5.74) is 2.04. The van der Waals surface area contributed by atoms with E-state index in [1.165, 1.54) is 31.5 Å². The quantitative estimate of drug-likeness (QED) is 0.407. The molecule has 1 N–H and O–H groups in total. The van der Waals surface area contributed by atoms with Gasteiger partial charge in [-0.1, -0.05) is 60.7 Å². The van der Waals surface area contributed by atoms with Crippen LogP contribution in [-0.4, -0.2) is 18.0 Å². The Bertz CT molecular complexity index is 888. The van der Waals surface area contributed by atoms with Crippen LogP contribution in [0.15, 0.2) is 85.2 Å². The van der Waals surface area contributed by atoms with Crippen molar-refractivity contribution < 1.29 is 19.1 Å². The molecule has 28 heavy (non-hydrogen) atoms. The monoisotopic (exact) mass is 376 g/mol. The lowest BCUT2D eigenvalue weighted by atomic mass is 9.98. The molecule has 0 saturated carbocycles. The summed E-state index contributed by atoms with van der Waals surface area (Å²) in [5.74, 6) is -1.08. The number of nitrogens with zero attached hydrogens (tertiary/aromatic N) is 1. The van der Waals surface area contributed by atoms with Crippen LogP contribution in [-0.2, 0) is 9.53 Å². The molecule has 0 bridgehead atoms. The van der Waals surface area contributed by atoms with Crippen molar-refractivity contribution in [1.82, 2.24) is 5.32 Å². The highest BCUT2D eigenvalue weighted by atomic mass is 16.5. The van der Waals surface area contributed by atoms with E-state index in [0.717, 1.165) is 11.1 Å². The number of nitrogens with one attached hydrogen (secondary N) is 1. The van der Waals surface area contributed by atoms with E-state index in [-0.39, 0.29) is 11.6 Å². The molecule has 1 amide bonds. The standard InChI is InChI=1S/C22H20N2O4/c1-16(28-22(26)19-12-14-24(27)15-13-19)21(25)23-20(17-8-4-2-5-9-17)18-10-6-3-7-11-18/h2-16,20H,1H3,(H,23,25)/t16-/m1/s1. The number of aromatic nitrogens is 1. The number of hydrogen-bond acceptors (Lipinski definition) is 4. The highest BCUT2D eigenvalue weighted by Gasteiger charge is 2.23. The van der Waals surface area contributed by atoms with Crippen molar-refractivity contribution in [2.24, 2.45) is 0 Å². The summed E-state index contributed by atoms with van der Waals surface area (Å²) < 4.78 is 5.82. The summed E-state index contributed by atoms with van der Waals surface area (Å²) >= 11 is 0. The topological polar surface area (TPSA) is 82.3 Å². The molecule has 0 radical (unpaired) electrons. The first-order chi connectivity index (χ1) is 13.5. The second-order valence-corrected chi connectivity index (χ2v) is 6.26. The van der Waals surface area contributed by atoms with Gasteiger partial charge in [-0.2, -0.15) is 4.73 Å². The van der Waals surface area contributed by atoms with Crippen LogP contribution in [0.1, 0.15) is 34.5 Å². The minimum atomic E-state index is -0.998. The molecule has 0 aliphatic carbocycles. The van der Waals surface area contributed by atoms with Gasteiger partial charge in [0, 0.05) is 12.1 Å². The lowest BCUT2D eigenvalue weighted by molar-refractivity contribution is -0.605. The Morgan fingerprint density at radius 1 is 0.893 bits per heavy atom. The van der Waals surface area contributed by atoms with Crippen LogP contribution in [0.25, 0.3) is 0 Å². The summed E-state index contributed by atoms with van der Waals surface area (Å²) in [7, 11) is 0. The Labute approximate surface area is 163 Å². The molecule has 0 aliphatic heterocycles. The summed E-state index contributed by atoms with van der Waals surface area (Å²) in [6.07, 6.45) is 1.40. The smallest absolute Gasteiger partial charge is 0.339 e. The van der Waals surface area contributed by atoms with Crippen molar-refractivity contribution in [3.05, 3.63) is 107 Å². The Hall–Kier alpha value is -3.67. The second kappa shape index (κ2) is 8.81. The Kier molecular flexibility index (Phi) is 6.01. The first kappa shape index (κ1) is 19.1. The maximum atomic E-state index is 12.7. The average molecular weight is 376 g/mol. The number of carbonyl (C=O) groups is 2. The molecule has 0 unspecified atom stereocenters. The van der Waals surface area contributed by atoms with Gasteiger partial charge in [-0.05, 0) is 18.1 Å². The number of hydrogen-bond donors (Lipinski definition) is 1. The van der Waals surface area contributed by atoms with Gasteiger partial charge in [0.1, 0.15) is 0 Å². The highest BCUT2D eigenvalue weighted by molar-refractivity contribution is 5.92. The molecule has 6 nitrogen and oxygen atoms in total. The average Bonchev–Trinajstić information content (AvgIpc) is 2.73. The summed E-state index contributed by atoms with van der Waals surface area (Å²) in [4.78, 5) is 24.9. The van der Waals surface area contributed by atoms with Gasteiger partial charge in [-0.15, -0.1) is 0 Å². The van der Waals surface area contributed by atoms with Crippen molar-refractivity contribution in [2.45, 2.75) is 19.1 Å². The second-order valence-electron chi connectivity index (χ2n) is 6.26. The van der Waals surface area contributed by atoms with Crippen LogP contribution in [0.2, 0.25) is 0 Å². The fourth-order valence-electron chi connectivity index (χ4n) is 2.74. The molecule has 0 saturated heterocycles. The van der Waals surface area contributed by atoms with E-state index in [4.69, 9.17) is 4.74 Å². The number of ether oxygens (including phenoxy) is 1. The van der Waals surface area contributed by atoms with Crippen molar-refractivity contribution in [3.63, 3.8) is 0 Å². The Morgan fingerprint density at radius 2 is 1.39 bits per heavy atom.